The van der Waals surface area contributed by atoms with E-state index in [9.17, 15) is 9.59 Å². The molecule has 3 atom stereocenters. The predicted octanol–water partition coefficient (Wildman–Crippen LogP) is 2.69. The highest BCUT2D eigenvalue weighted by Crippen LogP contribution is 2.42. The van der Waals surface area contributed by atoms with E-state index in [1.165, 1.54) is 0 Å². The summed E-state index contributed by atoms with van der Waals surface area (Å²) in [5.41, 5.74) is 2.50. The molecule has 0 spiro atoms. The maximum Gasteiger partial charge on any atom is 0.274 e. The fourth-order valence-electron chi connectivity index (χ4n) is 5.09. The Balaban J connectivity index is 1.51. The van der Waals surface area contributed by atoms with Crippen LogP contribution in [0.25, 0.3) is 0 Å². The van der Waals surface area contributed by atoms with Crippen molar-refractivity contribution in [2.24, 2.45) is 5.92 Å². The van der Waals surface area contributed by atoms with Gasteiger partial charge in [-0.3, -0.25) is 9.59 Å². The highest BCUT2D eigenvalue weighted by atomic mass is 16.5. The highest BCUT2D eigenvalue weighted by Gasteiger charge is 2.42. The molecule has 0 unspecified atom stereocenters. The van der Waals surface area contributed by atoms with Crippen molar-refractivity contribution in [2.45, 2.75) is 24.8 Å². The number of hydrogen-bond donors (Lipinski definition) is 0. The van der Waals surface area contributed by atoms with E-state index in [4.69, 9.17) is 4.74 Å². The van der Waals surface area contributed by atoms with Crippen molar-refractivity contribution in [3.8, 4) is 5.75 Å². The van der Waals surface area contributed by atoms with Gasteiger partial charge in [-0.15, -0.1) is 5.10 Å². The Labute approximate surface area is 180 Å². The molecular formula is C24H24N4O3. The number of benzene rings is 1. The van der Waals surface area contributed by atoms with Gasteiger partial charge in [0.05, 0.1) is 7.11 Å². The van der Waals surface area contributed by atoms with E-state index in [0.717, 1.165) is 23.4 Å². The summed E-state index contributed by atoms with van der Waals surface area (Å²) < 4.78 is 7.34. The maximum atomic E-state index is 13.1. The monoisotopic (exact) mass is 416 g/mol. The van der Waals surface area contributed by atoms with Gasteiger partial charge in [0.15, 0.2) is 5.69 Å². The first kappa shape index (κ1) is 19.5. The molecule has 2 aliphatic heterocycles. The van der Waals surface area contributed by atoms with Crippen molar-refractivity contribution < 1.29 is 9.53 Å². The first-order chi connectivity index (χ1) is 15.1. The van der Waals surface area contributed by atoms with E-state index < -0.39 is 0 Å². The lowest BCUT2D eigenvalue weighted by Crippen LogP contribution is -2.51. The molecule has 1 saturated heterocycles. The summed E-state index contributed by atoms with van der Waals surface area (Å²) in [6, 6.07) is 16.9. The molecular weight excluding hydrogens is 392 g/mol. The van der Waals surface area contributed by atoms with Gasteiger partial charge in [-0.2, -0.15) is 5.10 Å². The van der Waals surface area contributed by atoms with Gasteiger partial charge in [-0.05, 0) is 54.7 Å². The normalized spacial score (nSPS) is 22.0. The van der Waals surface area contributed by atoms with Crippen molar-refractivity contribution >= 4 is 5.91 Å². The van der Waals surface area contributed by atoms with Crippen LogP contribution < -0.4 is 10.3 Å². The van der Waals surface area contributed by atoms with Gasteiger partial charge in [0.25, 0.3) is 11.5 Å². The zero-order valence-electron chi connectivity index (χ0n) is 17.3. The van der Waals surface area contributed by atoms with Gasteiger partial charge < -0.3 is 14.2 Å². The Morgan fingerprint density at radius 1 is 1.13 bits per heavy atom. The van der Waals surface area contributed by atoms with E-state index in [-0.39, 0.29) is 29.3 Å². The molecule has 0 radical (unpaired) electrons. The van der Waals surface area contributed by atoms with Crippen LogP contribution in [0.5, 0.6) is 5.75 Å². The number of rotatable bonds is 4. The quantitative estimate of drug-likeness (QED) is 0.654. The van der Waals surface area contributed by atoms with Crippen molar-refractivity contribution in [3.05, 3.63) is 88.1 Å². The number of piperidine rings is 1. The Hall–Kier alpha value is -3.48. The SMILES string of the molecule is COc1cccc(C[C@H]2[C@H]3C[C@H](CN(C(=O)c4cccnn4)C3)c3cccc(=O)n32)c1. The van der Waals surface area contributed by atoms with E-state index in [2.05, 4.69) is 16.3 Å². The summed E-state index contributed by atoms with van der Waals surface area (Å²) in [7, 11) is 1.65. The van der Waals surface area contributed by atoms with E-state index in [1.54, 1.807) is 31.5 Å². The van der Waals surface area contributed by atoms with Crippen LogP contribution in [-0.4, -0.2) is 45.8 Å². The largest absolute Gasteiger partial charge is 0.497 e. The molecule has 1 aromatic carbocycles. The molecule has 2 aliphatic rings. The second-order valence-corrected chi connectivity index (χ2v) is 8.29. The third kappa shape index (κ3) is 3.60. The van der Waals surface area contributed by atoms with Crippen LogP contribution in [0.2, 0.25) is 0 Å². The van der Waals surface area contributed by atoms with E-state index in [1.807, 2.05) is 39.8 Å². The number of amides is 1. The summed E-state index contributed by atoms with van der Waals surface area (Å²) in [6.45, 7) is 1.18. The number of hydrogen-bond acceptors (Lipinski definition) is 5. The molecule has 3 aromatic rings. The number of likely N-dealkylation sites (tertiary alicyclic amines) is 1. The highest BCUT2D eigenvalue weighted by molar-refractivity contribution is 5.92. The van der Waals surface area contributed by atoms with Gasteiger partial charge in [0, 0.05) is 43.0 Å². The predicted molar refractivity (Wildman–Crippen MR) is 115 cm³/mol. The molecule has 0 N–H and O–H groups in total. The van der Waals surface area contributed by atoms with Crippen LogP contribution in [-0.2, 0) is 6.42 Å². The van der Waals surface area contributed by atoms with Crippen molar-refractivity contribution in [1.29, 1.82) is 0 Å². The molecule has 7 heteroatoms. The average molecular weight is 416 g/mol. The fourth-order valence-corrected chi connectivity index (χ4v) is 5.09. The van der Waals surface area contributed by atoms with Gasteiger partial charge in [-0.25, -0.2) is 0 Å². The van der Waals surface area contributed by atoms with Gasteiger partial charge in [-0.1, -0.05) is 18.2 Å². The number of pyridine rings is 1. The second kappa shape index (κ2) is 7.98. The number of methoxy groups -OCH3 is 1. The molecule has 1 fully saturated rings. The van der Waals surface area contributed by atoms with Crippen LogP contribution in [0.4, 0.5) is 0 Å². The van der Waals surface area contributed by atoms with E-state index >= 15 is 0 Å². The number of aromatic nitrogens is 3. The molecule has 7 nitrogen and oxygen atoms in total. The van der Waals surface area contributed by atoms with Crippen molar-refractivity contribution in [3.63, 3.8) is 0 Å². The zero-order chi connectivity index (χ0) is 21.4. The van der Waals surface area contributed by atoms with Crippen LogP contribution in [0.15, 0.2) is 65.6 Å². The summed E-state index contributed by atoms with van der Waals surface area (Å²) in [4.78, 5) is 27.9. The minimum atomic E-state index is -0.102. The minimum absolute atomic E-state index is 0.0220. The number of carbonyl (C=O) groups is 1. The first-order valence-electron chi connectivity index (χ1n) is 10.6. The van der Waals surface area contributed by atoms with Crippen molar-refractivity contribution in [1.82, 2.24) is 19.7 Å². The number of fused-ring (bicyclic) bond motifs is 4. The topological polar surface area (TPSA) is 77.3 Å². The maximum absolute atomic E-state index is 13.1. The first-order valence-corrected chi connectivity index (χ1v) is 10.6. The van der Waals surface area contributed by atoms with Crippen LogP contribution in [0.3, 0.4) is 0 Å². The fraction of sp³-hybridized carbons (Fsp3) is 0.333. The molecule has 158 valence electrons. The molecule has 4 heterocycles. The smallest absolute Gasteiger partial charge is 0.274 e. The molecule has 5 rings (SSSR count). The van der Waals surface area contributed by atoms with Gasteiger partial charge in [0.2, 0.25) is 0 Å². The van der Waals surface area contributed by atoms with Gasteiger partial charge >= 0.3 is 0 Å². The average Bonchev–Trinajstić information content (AvgIpc) is 2.82. The third-order valence-corrected chi connectivity index (χ3v) is 6.46. The Kier molecular flexibility index (Phi) is 5.02. The molecule has 2 aromatic heterocycles. The lowest BCUT2D eigenvalue weighted by Gasteiger charge is -2.47. The lowest BCUT2D eigenvalue weighted by atomic mass is 9.76. The minimum Gasteiger partial charge on any atom is -0.497 e. The van der Waals surface area contributed by atoms with Crippen LogP contribution in [0, 0.1) is 5.92 Å². The summed E-state index contributed by atoms with van der Waals surface area (Å²) in [5.74, 6) is 1.01. The second-order valence-electron chi connectivity index (χ2n) is 8.29. The van der Waals surface area contributed by atoms with Crippen LogP contribution >= 0.6 is 0 Å². The Morgan fingerprint density at radius 3 is 2.81 bits per heavy atom. The molecule has 31 heavy (non-hydrogen) atoms. The van der Waals surface area contributed by atoms with Crippen molar-refractivity contribution in [2.75, 3.05) is 20.2 Å². The van der Waals surface area contributed by atoms with Gasteiger partial charge in [0.1, 0.15) is 5.75 Å². The summed E-state index contributed by atoms with van der Waals surface area (Å²) >= 11 is 0. The summed E-state index contributed by atoms with van der Waals surface area (Å²) in [5, 5.41) is 7.85. The zero-order valence-corrected chi connectivity index (χ0v) is 17.3. The number of carbonyl (C=O) groups excluding carboxylic acids is 1. The molecule has 0 saturated carbocycles. The third-order valence-electron chi connectivity index (χ3n) is 6.46. The standard InChI is InChI=1S/C24H24N4O3/c1-31-19-6-2-5-16(11-19)12-22-18-13-17(21-8-3-9-23(29)28(21)22)14-27(15-18)24(30)20-7-4-10-25-26-20/h2-11,17-18,22H,12-15H2,1H3/t17-,18+,22+/m1/s1. The molecule has 2 bridgehead atoms. The van der Waals surface area contributed by atoms with E-state index in [0.29, 0.717) is 25.2 Å². The van der Waals surface area contributed by atoms with Crippen LogP contribution in [0.1, 0.15) is 40.1 Å². The Bertz CT molecular complexity index is 1160. The molecule has 1 amide bonds. The number of ether oxygens (including phenoxy) is 1. The summed E-state index contributed by atoms with van der Waals surface area (Å²) in [6.07, 6.45) is 3.23. The Morgan fingerprint density at radius 2 is 2.00 bits per heavy atom. The molecule has 0 aliphatic carbocycles. The number of nitrogens with zero attached hydrogens (tertiary/aromatic N) is 4. The lowest BCUT2D eigenvalue weighted by molar-refractivity contribution is 0.0522.